The molecule has 0 aromatic rings. The van der Waals surface area contributed by atoms with Crippen LogP contribution in [-0.4, -0.2) is 11.7 Å². The molecule has 2 nitrogen and oxygen atoms in total. The SMILES string of the molecule is C=C(C)/C=C(/O)C(=C)OCC. The number of allylic oxidation sites excluding steroid dienone is 2. The van der Waals surface area contributed by atoms with Crippen LogP contribution in [0.2, 0.25) is 0 Å². The van der Waals surface area contributed by atoms with Gasteiger partial charge in [0.05, 0.1) is 6.61 Å². The first-order chi connectivity index (χ1) is 5.07. The highest BCUT2D eigenvalue weighted by atomic mass is 16.5. The van der Waals surface area contributed by atoms with Gasteiger partial charge in [-0.25, -0.2) is 0 Å². The third-order valence-corrected chi connectivity index (χ3v) is 0.987. The van der Waals surface area contributed by atoms with Gasteiger partial charge in [0.2, 0.25) is 0 Å². The second-order valence-electron chi connectivity index (χ2n) is 2.23. The number of hydrogen-bond acceptors (Lipinski definition) is 2. The maximum absolute atomic E-state index is 9.19. The quantitative estimate of drug-likeness (QED) is 0.498. The van der Waals surface area contributed by atoms with Crippen molar-refractivity contribution in [1.29, 1.82) is 0 Å². The van der Waals surface area contributed by atoms with Crippen LogP contribution in [0.1, 0.15) is 13.8 Å². The predicted molar refractivity (Wildman–Crippen MR) is 46.3 cm³/mol. The van der Waals surface area contributed by atoms with Gasteiger partial charge in [-0.1, -0.05) is 18.7 Å². The summed E-state index contributed by atoms with van der Waals surface area (Å²) in [7, 11) is 0. The second-order valence-corrected chi connectivity index (χ2v) is 2.23. The fourth-order valence-electron chi connectivity index (χ4n) is 0.562. The molecule has 0 unspecified atom stereocenters. The summed E-state index contributed by atoms with van der Waals surface area (Å²) in [6.07, 6.45) is 1.51. The smallest absolute Gasteiger partial charge is 0.157 e. The van der Waals surface area contributed by atoms with E-state index >= 15 is 0 Å². The Morgan fingerprint density at radius 1 is 1.55 bits per heavy atom. The van der Waals surface area contributed by atoms with Crippen molar-refractivity contribution in [2.75, 3.05) is 6.61 Å². The highest BCUT2D eigenvalue weighted by Gasteiger charge is 1.98. The molecule has 0 aliphatic rings. The molecular formula is C9H14O2. The van der Waals surface area contributed by atoms with Crippen molar-refractivity contribution in [2.45, 2.75) is 13.8 Å². The number of aliphatic hydroxyl groups is 1. The molecule has 0 saturated carbocycles. The maximum Gasteiger partial charge on any atom is 0.157 e. The van der Waals surface area contributed by atoms with Crippen molar-refractivity contribution in [3.8, 4) is 0 Å². The number of rotatable bonds is 4. The molecule has 62 valence electrons. The Balaban J connectivity index is 4.12. The van der Waals surface area contributed by atoms with E-state index in [2.05, 4.69) is 13.2 Å². The van der Waals surface area contributed by atoms with Crippen LogP contribution in [-0.2, 0) is 4.74 Å². The molecule has 0 heterocycles. The number of aliphatic hydroxyl groups excluding tert-OH is 1. The van der Waals surface area contributed by atoms with Crippen LogP contribution in [0.5, 0.6) is 0 Å². The van der Waals surface area contributed by atoms with Gasteiger partial charge in [0, 0.05) is 0 Å². The van der Waals surface area contributed by atoms with E-state index in [4.69, 9.17) is 4.74 Å². The molecule has 0 spiro atoms. The molecule has 0 radical (unpaired) electrons. The highest BCUT2D eigenvalue weighted by Crippen LogP contribution is 2.07. The normalized spacial score (nSPS) is 10.9. The van der Waals surface area contributed by atoms with Crippen LogP contribution in [0.4, 0.5) is 0 Å². The monoisotopic (exact) mass is 154 g/mol. The van der Waals surface area contributed by atoms with Crippen LogP contribution >= 0.6 is 0 Å². The summed E-state index contributed by atoms with van der Waals surface area (Å²) in [4.78, 5) is 0. The summed E-state index contributed by atoms with van der Waals surface area (Å²) in [5.41, 5.74) is 0.767. The largest absolute Gasteiger partial charge is 0.504 e. The average molecular weight is 154 g/mol. The molecular weight excluding hydrogens is 140 g/mol. The third-order valence-electron chi connectivity index (χ3n) is 0.987. The van der Waals surface area contributed by atoms with E-state index in [1.807, 2.05) is 6.92 Å². The average Bonchev–Trinajstić information content (AvgIpc) is 1.86. The molecule has 0 bridgehead atoms. The molecule has 0 rings (SSSR count). The van der Waals surface area contributed by atoms with Crippen molar-refractivity contribution in [1.82, 2.24) is 0 Å². The fraction of sp³-hybridized carbons (Fsp3) is 0.333. The summed E-state index contributed by atoms with van der Waals surface area (Å²) in [6, 6.07) is 0. The summed E-state index contributed by atoms with van der Waals surface area (Å²) >= 11 is 0. The molecule has 11 heavy (non-hydrogen) atoms. The Bertz CT molecular complexity index is 190. The van der Waals surface area contributed by atoms with Gasteiger partial charge in [-0.05, 0) is 19.9 Å². The fourth-order valence-corrected chi connectivity index (χ4v) is 0.562. The Morgan fingerprint density at radius 3 is 2.45 bits per heavy atom. The Morgan fingerprint density at radius 2 is 2.09 bits per heavy atom. The van der Waals surface area contributed by atoms with E-state index in [-0.39, 0.29) is 11.5 Å². The second kappa shape index (κ2) is 4.61. The molecule has 2 heteroatoms. The van der Waals surface area contributed by atoms with Crippen LogP contribution in [0.3, 0.4) is 0 Å². The van der Waals surface area contributed by atoms with Crippen LogP contribution in [0.15, 0.2) is 36.3 Å². The molecule has 0 fully saturated rings. The van der Waals surface area contributed by atoms with Gasteiger partial charge in [-0.3, -0.25) is 0 Å². The zero-order valence-corrected chi connectivity index (χ0v) is 7.05. The van der Waals surface area contributed by atoms with Crippen molar-refractivity contribution in [3.63, 3.8) is 0 Å². The molecule has 0 aromatic heterocycles. The standard InChI is InChI=1S/C9H14O2/c1-5-11-8(4)9(10)6-7(2)3/h6,10H,2,4-5H2,1,3H3/b9-6+. The van der Waals surface area contributed by atoms with E-state index in [9.17, 15) is 5.11 Å². The topological polar surface area (TPSA) is 29.5 Å². The van der Waals surface area contributed by atoms with Gasteiger partial charge in [0.25, 0.3) is 0 Å². The molecule has 0 aromatic carbocycles. The zero-order chi connectivity index (χ0) is 8.85. The van der Waals surface area contributed by atoms with Crippen molar-refractivity contribution in [2.24, 2.45) is 0 Å². The minimum Gasteiger partial charge on any atom is -0.504 e. The van der Waals surface area contributed by atoms with Gasteiger partial charge < -0.3 is 9.84 Å². The van der Waals surface area contributed by atoms with Gasteiger partial charge in [0.1, 0.15) is 0 Å². The maximum atomic E-state index is 9.19. The van der Waals surface area contributed by atoms with Crippen LogP contribution < -0.4 is 0 Å². The van der Waals surface area contributed by atoms with Crippen molar-refractivity contribution >= 4 is 0 Å². The van der Waals surface area contributed by atoms with E-state index in [0.717, 1.165) is 5.57 Å². The minimum atomic E-state index is 0.0411. The lowest BCUT2D eigenvalue weighted by molar-refractivity contribution is 0.209. The van der Waals surface area contributed by atoms with Gasteiger partial charge in [-0.15, -0.1) is 0 Å². The molecule has 0 atom stereocenters. The Kier molecular flexibility index (Phi) is 4.11. The lowest BCUT2D eigenvalue weighted by Crippen LogP contribution is -1.93. The minimum absolute atomic E-state index is 0.0411. The first kappa shape index (κ1) is 9.82. The van der Waals surface area contributed by atoms with Gasteiger partial charge in [0.15, 0.2) is 11.5 Å². The first-order valence-corrected chi connectivity index (χ1v) is 3.46. The lowest BCUT2D eigenvalue weighted by atomic mass is 10.3. The predicted octanol–water partition coefficient (Wildman–Crippen LogP) is 2.55. The Hall–Kier alpha value is -1.18. The summed E-state index contributed by atoms with van der Waals surface area (Å²) in [6.45, 7) is 11.2. The van der Waals surface area contributed by atoms with E-state index in [1.165, 1.54) is 6.08 Å². The van der Waals surface area contributed by atoms with E-state index in [1.54, 1.807) is 6.92 Å². The molecule has 0 saturated heterocycles. The van der Waals surface area contributed by atoms with E-state index < -0.39 is 0 Å². The molecule has 1 N–H and O–H groups in total. The molecule has 0 amide bonds. The van der Waals surface area contributed by atoms with Crippen molar-refractivity contribution < 1.29 is 9.84 Å². The summed E-state index contributed by atoms with van der Waals surface area (Å²) in [5.74, 6) is 0.329. The Labute approximate surface area is 67.5 Å². The van der Waals surface area contributed by atoms with Gasteiger partial charge in [-0.2, -0.15) is 0 Å². The lowest BCUT2D eigenvalue weighted by Gasteiger charge is -2.04. The highest BCUT2D eigenvalue weighted by molar-refractivity contribution is 5.24. The first-order valence-electron chi connectivity index (χ1n) is 3.46. The molecule has 0 aliphatic carbocycles. The zero-order valence-electron chi connectivity index (χ0n) is 7.05. The van der Waals surface area contributed by atoms with Crippen LogP contribution in [0, 0.1) is 0 Å². The third kappa shape index (κ3) is 4.25. The number of ether oxygens (including phenoxy) is 1. The van der Waals surface area contributed by atoms with Crippen LogP contribution in [0.25, 0.3) is 0 Å². The summed E-state index contributed by atoms with van der Waals surface area (Å²) < 4.78 is 4.95. The van der Waals surface area contributed by atoms with Gasteiger partial charge >= 0.3 is 0 Å². The van der Waals surface area contributed by atoms with Crippen molar-refractivity contribution in [3.05, 3.63) is 36.3 Å². The number of hydrogen-bond donors (Lipinski definition) is 1. The summed E-state index contributed by atoms with van der Waals surface area (Å²) in [5, 5.41) is 9.19. The molecule has 0 aliphatic heterocycles. The van der Waals surface area contributed by atoms with E-state index in [0.29, 0.717) is 6.61 Å².